The van der Waals surface area contributed by atoms with Crippen LogP contribution >= 0.6 is 11.6 Å². The van der Waals surface area contributed by atoms with Crippen molar-refractivity contribution in [2.24, 2.45) is 4.99 Å². The summed E-state index contributed by atoms with van der Waals surface area (Å²) in [5.74, 6) is -0.378. The third-order valence-electron chi connectivity index (χ3n) is 3.25. The van der Waals surface area contributed by atoms with E-state index in [1.54, 1.807) is 19.2 Å². The standard InChI is InChI=1S/C18H17ClN2O2/c1-4-20-16(7-12(2)18(22)23-3)9-13-5-6-17-14(8-13)10-15(19)11-21-17/h4-8,10-11H,1,9H2,2-3H3/b12-7+,20-16+. The molecule has 0 atom stereocenters. The molecule has 0 aliphatic carbocycles. The van der Waals surface area contributed by atoms with Gasteiger partial charge in [0.2, 0.25) is 0 Å². The van der Waals surface area contributed by atoms with Crippen LogP contribution in [0, 0.1) is 0 Å². The fraction of sp³-hybridized carbons (Fsp3) is 0.167. The van der Waals surface area contributed by atoms with Crippen molar-refractivity contribution in [2.45, 2.75) is 13.3 Å². The highest BCUT2D eigenvalue weighted by Crippen LogP contribution is 2.19. The monoisotopic (exact) mass is 328 g/mol. The zero-order chi connectivity index (χ0) is 16.8. The van der Waals surface area contributed by atoms with Gasteiger partial charge in [-0.3, -0.25) is 9.98 Å². The molecule has 0 aliphatic heterocycles. The smallest absolute Gasteiger partial charge is 0.333 e. The maximum atomic E-state index is 11.5. The molecule has 0 spiro atoms. The fourth-order valence-electron chi connectivity index (χ4n) is 2.19. The molecule has 0 bridgehead atoms. The molecule has 118 valence electrons. The topological polar surface area (TPSA) is 51.5 Å². The van der Waals surface area contributed by atoms with Crippen LogP contribution in [0.2, 0.25) is 5.02 Å². The van der Waals surface area contributed by atoms with Gasteiger partial charge in [0.25, 0.3) is 0 Å². The van der Waals surface area contributed by atoms with Gasteiger partial charge in [0, 0.05) is 35.5 Å². The molecule has 0 fully saturated rings. The number of rotatable bonds is 5. The Labute approximate surface area is 140 Å². The number of esters is 1. The number of nitrogens with zero attached hydrogens (tertiary/aromatic N) is 2. The summed E-state index contributed by atoms with van der Waals surface area (Å²) < 4.78 is 4.70. The first-order chi connectivity index (χ1) is 11.0. The van der Waals surface area contributed by atoms with Crippen LogP contribution in [-0.2, 0) is 16.0 Å². The number of halogens is 1. The van der Waals surface area contributed by atoms with Crippen LogP contribution in [0.3, 0.4) is 0 Å². The summed E-state index contributed by atoms with van der Waals surface area (Å²) in [6.07, 6.45) is 5.34. The Balaban J connectivity index is 2.32. The van der Waals surface area contributed by atoms with Gasteiger partial charge in [-0.15, -0.1) is 0 Å². The lowest BCUT2D eigenvalue weighted by Crippen LogP contribution is -2.06. The number of hydrogen-bond donors (Lipinski definition) is 0. The van der Waals surface area contributed by atoms with Gasteiger partial charge in [0.15, 0.2) is 0 Å². The molecular weight excluding hydrogens is 312 g/mol. The molecule has 0 aliphatic rings. The van der Waals surface area contributed by atoms with Crippen molar-refractivity contribution in [3.05, 3.63) is 65.5 Å². The van der Waals surface area contributed by atoms with Crippen molar-refractivity contribution in [2.75, 3.05) is 7.11 Å². The number of methoxy groups -OCH3 is 1. The molecule has 0 saturated carbocycles. The molecular formula is C18H17ClN2O2. The number of ether oxygens (including phenoxy) is 1. The molecule has 1 aromatic heterocycles. The summed E-state index contributed by atoms with van der Waals surface area (Å²) in [5.41, 5.74) is 3.12. The number of pyridine rings is 1. The van der Waals surface area contributed by atoms with E-state index in [0.717, 1.165) is 22.2 Å². The second-order valence-corrected chi connectivity index (χ2v) is 5.42. The second-order valence-electron chi connectivity index (χ2n) is 4.98. The Morgan fingerprint density at radius 2 is 2.22 bits per heavy atom. The Bertz CT molecular complexity index is 810. The van der Waals surface area contributed by atoms with Crippen LogP contribution in [0.1, 0.15) is 12.5 Å². The third kappa shape index (κ3) is 4.50. The summed E-state index contributed by atoms with van der Waals surface area (Å²) in [6.45, 7) is 5.30. The van der Waals surface area contributed by atoms with Gasteiger partial charge in [0.1, 0.15) is 0 Å². The number of hydrogen-bond acceptors (Lipinski definition) is 4. The van der Waals surface area contributed by atoms with E-state index in [0.29, 0.717) is 17.0 Å². The van der Waals surface area contributed by atoms with Crippen LogP contribution in [0.5, 0.6) is 0 Å². The number of fused-ring (bicyclic) bond motifs is 1. The number of carbonyl (C=O) groups is 1. The van der Waals surface area contributed by atoms with Crippen molar-refractivity contribution in [3.8, 4) is 0 Å². The Morgan fingerprint density at radius 3 is 2.91 bits per heavy atom. The normalized spacial score (nSPS) is 12.3. The maximum absolute atomic E-state index is 11.5. The van der Waals surface area contributed by atoms with Crippen molar-refractivity contribution in [1.29, 1.82) is 0 Å². The van der Waals surface area contributed by atoms with E-state index in [9.17, 15) is 4.79 Å². The zero-order valence-electron chi connectivity index (χ0n) is 13.0. The van der Waals surface area contributed by atoms with E-state index in [2.05, 4.69) is 16.6 Å². The summed E-state index contributed by atoms with van der Waals surface area (Å²) in [4.78, 5) is 20.0. The lowest BCUT2D eigenvalue weighted by Gasteiger charge is -2.05. The number of allylic oxidation sites excluding steroid dienone is 1. The largest absolute Gasteiger partial charge is 0.466 e. The first-order valence-corrected chi connectivity index (χ1v) is 7.39. The van der Waals surface area contributed by atoms with Gasteiger partial charge in [-0.05, 0) is 36.8 Å². The summed E-state index contributed by atoms with van der Waals surface area (Å²) in [5, 5.41) is 1.55. The molecule has 1 aromatic carbocycles. The second kappa shape index (κ2) is 7.70. The minimum Gasteiger partial charge on any atom is -0.466 e. The first kappa shape index (κ1) is 16.9. The Kier molecular flexibility index (Phi) is 5.66. The molecule has 0 saturated heterocycles. The van der Waals surface area contributed by atoms with E-state index in [1.807, 2.05) is 24.3 Å². The minimum atomic E-state index is -0.378. The van der Waals surface area contributed by atoms with E-state index < -0.39 is 0 Å². The lowest BCUT2D eigenvalue weighted by atomic mass is 10.0. The maximum Gasteiger partial charge on any atom is 0.333 e. The average Bonchev–Trinajstić information content (AvgIpc) is 2.53. The van der Waals surface area contributed by atoms with E-state index >= 15 is 0 Å². The molecule has 1 heterocycles. The van der Waals surface area contributed by atoms with E-state index in [1.165, 1.54) is 13.3 Å². The highest BCUT2D eigenvalue weighted by molar-refractivity contribution is 6.31. The molecule has 5 heteroatoms. The van der Waals surface area contributed by atoms with E-state index in [-0.39, 0.29) is 5.97 Å². The zero-order valence-corrected chi connectivity index (χ0v) is 13.8. The highest BCUT2D eigenvalue weighted by atomic mass is 35.5. The number of carbonyl (C=O) groups excluding carboxylic acids is 1. The number of benzene rings is 1. The lowest BCUT2D eigenvalue weighted by molar-refractivity contribution is -0.136. The predicted molar refractivity (Wildman–Crippen MR) is 93.9 cm³/mol. The van der Waals surface area contributed by atoms with Crippen LogP contribution in [0.15, 0.2) is 59.9 Å². The Morgan fingerprint density at radius 1 is 1.43 bits per heavy atom. The van der Waals surface area contributed by atoms with Gasteiger partial charge in [0.05, 0.1) is 17.6 Å². The molecule has 0 N–H and O–H groups in total. The predicted octanol–water partition coefficient (Wildman–Crippen LogP) is 4.13. The van der Waals surface area contributed by atoms with Gasteiger partial charge >= 0.3 is 5.97 Å². The summed E-state index contributed by atoms with van der Waals surface area (Å²) in [6, 6.07) is 7.79. The molecule has 4 nitrogen and oxygen atoms in total. The van der Waals surface area contributed by atoms with Gasteiger partial charge in [-0.2, -0.15) is 0 Å². The quantitative estimate of drug-likeness (QED) is 0.471. The fourth-order valence-corrected chi connectivity index (χ4v) is 2.36. The third-order valence-corrected chi connectivity index (χ3v) is 3.45. The number of aromatic nitrogens is 1. The number of aliphatic imine (C=N–C) groups is 1. The van der Waals surface area contributed by atoms with Crippen LogP contribution in [0.4, 0.5) is 0 Å². The molecule has 23 heavy (non-hydrogen) atoms. The SMILES string of the molecule is C=C/N=C(\C=C(/C)C(=O)OC)Cc1ccc2ncc(Cl)cc2c1. The summed E-state index contributed by atoms with van der Waals surface area (Å²) >= 11 is 5.99. The minimum absolute atomic E-state index is 0.378. The average molecular weight is 329 g/mol. The molecule has 0 unspecified atom stereocenters. The van der Waals surface area contributed by atoms with Crippen molar-refractivity contribution < 1.29 is 9.53 Å². The van der Waals surface area contributed by atoms with Gasteiger partial charge < -0.3 is 4.74 Å². The highest BCUT2D eigenvalue weighted by Gasteiger charge is 2.07. The van der Waals surface area contributed by atoms with Crippen LogP contribution in [-0.4, -0.2) is 23.8 Å². The summed E-state index contributed by atoms with van der Waals surface area (Å²) in [7, 11) is 1.35. The molecule has 2 aromatic rings. The molecule has 0 radical (unpaired) electrons. The molecule has 2 rings (SSSR count). The first-order valence-electron chi connectivity index (χ1n) is 7.02. The van der Waals surface area contributed by atoms with Crippen LogP contribution < -0.4 is 0 Å². The van der Waals surface area contributed by atoms with Gasteiger partial charge in [-0.1, -0.05) is 24.2 Å². The Hall–Kier alpha value is -2.46. The van der Waals surface area contributed by atoms with Gasteiger partial charge in [-0.25, -0.2) is 4.79 Å². The van der Waals surface area contributed by atoms with Crippen molar-refractivity contribution in [1.82, 2.24) is 4.98 Å². The van der Waals surface area contributed by atoms with Crippen molar-refractivity contribution in [3.63, 3.8) is 0 Å². The van der Waals surface area contributed by atoms with Crippen LogP contribution in [0.25, 0.3) is 10.9 Å². The van der Waals surface area contributed by atoms with E-state index in [4.69, 9.17) is 16.3 Å². The molecule has 0 amide bonds. The van der Waals surface area contributed by atoms with Crippen molar-refractivity contribution >= 4 is 34.2 Å².